The van der Waals surface area contributed by atoms with Crippen molar-refractivity contribution in [2.75, 3.05) is 33.7 Å². The second kappa shape index (κ2) is 7.24. The summed E-state index contributed by atoms with van der Waals surface area (Å²) in [4.78, 5) is 2.24. The summed E-state index contributed by atoms with van der Waals surface area (Å²) in [7, 11) is 4.27. The van der Waals surface area contributed by atoms with Crippen molar-refractivity contribution in [2.45, 2.75) is 39.0 Å². The Morgan fingerprint density at radius 1 is 1.07 bits per heavy atom. The molecule has 1 aliphatic carbocycles. The molecule has 15 heavy (non-hydrogen) atoms. The summed E-state index contributed by atoms with van der Waals surface area (Å²) in [6.45, 7) is 5.87. The Morgan fingerprint density at radius 3 is 2.20 bits per heavy atom. The van der Waals surface area contributed by atoms with Crippen LogP contribution in [-0.4, -0.2) is 38.6 Å². The van der Waals surface area contributed by atoms with Gasteiger partial charge in [-0.05, 0) is 45.3 Å². The Morgan fingerprint density at radius 2 is 1.67 bits per heavy atom. The molecule has 1 fully saturated rings. The van der Waals surface area contributed by atoms with Gasteiger partial charge in [0.1, 0.15) is 0 Å². The Balaban J connectivity index is 1.99. The lowest BCUT2D eigenvalue weighted by atomic mass is 9.81. The van der Waals surface area contributed by atoms with E-state index in [0.29, 0.717) is 0 Å². The van der Waals surface area contributed by atoms with E-state index < -0.39 is 0 Å². The van der Waals surface area contributed by atoms with Crippen LogP contribution in [0.1, 0.15) is 39.0 Å². The Kier molecular flexibility index (Phi) is 6.26. The maximum Gasteiger partial charge on any atom is 0.0101 e. The predicted octanol–water partition coefficient (Wildman–Crippen LogP) is 2.35. The number of hydrogen-bond donors (Lipinski definition) is 1. The van der Waals surface area contributed by atoms with Gasteiger partial charge in [0.25, 0.3) is 0 Å². The molecule has 0 aromatic carbocycles. The van der Waals surface area contributed by atoms with Crippen LogP contribution in [0.15, 0.2) is 0 Å². The van der Waals surface area contributed by atoms with Gasteiger partial charge in [0.05, 0.1) is 0 Å². The molecule has 1 aliphatic rings. The van der Waals surface area contributed by atoms with Crippen molar-refractivity contribution >= 4 is 0 Å². The highest BCUT2D eigenvalue weighted by Gasteiger charge is 2.19. The first-order valence-electron chi connectivity index (χ1n) is 6.57. The van der Waals surface area contributed by atoms with Crippen LogP contribution >= 0.6 is 0 Å². The molecule has 0 aromatic rings. The third-order valence-corrected chi connectivity index (χ3v) is 3.71. The van der Waals surface area contributed by atoms with Gasteiger partial charge in [-0.25, -0.2) is 0 Å². The number of rotatable bonds is 6. The third-order valence-electron chi connectivity index (χ3n) is 3.71. The summed E-state index contributed by atoms with van der Waals surface area (Å²) in [6.07, 6.45) is 7.23. The Labute approximate surface area is 95.4 Å². The first-order valence-corrected chi connectivity index (χ1v) is 6.57. The molecule has 0 radical (unpaired) electrons. The smallest absolute Gasteiger partial charge is 0.0101 e. The zero-order chi connectivity index (χ0) is 11.1. The lowest BCUT2D eigenvalue weighted by Crippen LogP contribution is -2.31. The quantitative estimate of drug-likeness (QED) is 0.680. The molecular formula is C13H28N2. The van der Waals surface area contributed by atoms with Crippen LogP contribution in [0, 0.1) is 11.8 Å². The average molecular weight is 212 g/mol. The van der Waals surface area contributed by atoms with Crippen LogP contribution in [-0.2, 0) is 0 Å². The summed E-state index contributed by atoms with van der Waals surface area (Å²) in [5.74, 6) is 1.98. The fraction of sp³-hybridized carbons (Fsp3) is 1.00. The van der Waals surface area contributed by atoms with E-state index in [-0.39, 0.29) is 0 Å². The second-order valence-corrected chi connectivity index (χ2v) is 5.30. The summed E-state index contributed by atoms with van der Waals surface area (Å²) >= 11 is 0. The third kappa shape index (κ3) is 5.53. The number of nitrogens with zero attached hydrogens (tertiary/aromatic N) is 1. The number of nitrogens with one attached hydrogen (secondary N) is 1. The molecule has 0 saturated heterocycles. The predicted molar refractivity (Wildman–Crippen MR) is 67.2 cm³/mol. The zero-order valence-electron chi connectivity index (χ0n) is 10.8. The molecule has 0 aromatic heterocycles. The first kappa shape index (κ1) is 13.0. The minimum Gasteiger partial charge on any atom is -0.315 e. The van der Waals surface area contributed by atoms with Crippen molar-refractivity contribution < 1.29 is 0 Å². The van der Waals surface area contributed by atoms with Gasteiger partial charge >= 0.3 is 0 Å². The van der Waals surface area contributed by atoms with Crippen LogP contribution in [0.4, 0.5) is 0 Å². The standard InChI is InChI=1S/C13H28N2/c1-4-12-5-7-13(8-6-12)11-14-9-10-15(2)3/h12-14H,4-11H2,1-3H3. The summed E-state index contributed by atoms with van der Waals surface area (Å²) < 4.78 is 0. The van der Waals surface area contributed by atoms with E-state index in [1.54, 1.807) is 0 Å². The molecule has 0 bridgehead atoms. The molecule has 0 unspecified atom stereocenters. The van der Waals surface area contributed by atoms with Gasteiger partial charge in [0.2, 0.25) is 0 Å². The zero-order valence-corrected chi connectivity index (χ0v) is 10.8. The minimum atomic E-state index is 0.954. The van der Waals surface area contributed by atoms with Gasteiger partial charge in [-0.2, -0.15) is 0 Å². The molecule has 1 rings (SSSR count). The Hall–Kier alpha value is -0.0800. The monoisotopic (exact) mass is 212 g/mol. The molecule has 1 N–H and O–H groups in total. The molecule has 2 heteroatoms. The molecule has 0 amide bonds. The minimum absolute atomic E-state index is 0.954. The van der Waals surface area contributed by atoms with Gasteiger partial charge in [-0.3, -0.25) is 0 Å². The second-order valence-electron chi connectivity index (χ2n) is 5.30. The topological polar surface area (TPSA) is 15.3 Å². The molecular weight excluding hydrogens is 184 g/mol. The maximum atomic E-state index is 3.58. The van der Waals surface area contributed by atoms with Crippen molar-refractivity contribution in [3.05, 3.63) is 0 Å². The van der Waals surface area contributed by atoms with Crippen molar-refractivity contribution in [1.82, 2.24) is 10.2 Å². The van der Waals surface area contributed by atoms with Crippen molar-refractivity contribution in [3.8, 4) is 0 Å². The van der Waals surface area contributed by atoms with E-state index in [9.17, 15) is 0 Å². The first-order chi connectivity index (χ1) is 7.22. The van der Waals surface area contributed by atoms with Crippen molar-refractivity contribution in [2.24, 2.45) is 11.8 Å². The molecule has 0 spiro atoms. The van der Waals surface area contributed by atoms with Crippen LogP contribution in [0.3, 0.4) is 0 Å². The summed E-state index contributed by atoms with van der Waals surface area (Å²) in [5, 5.41) is 3.58. The van der Waals surface area contributed by atoms with Crippen LogP contribution in [0.25, 0.3) is 0 Å². The van der Waals surface area contributed by atoms with E-state index in [1.165, 1.54) is 38.6 Å². The SMILES string of the molecule is CCC1CCC(CNCCN(C)C)CC1. The lowest BCUT2D eigenvalue weighted by molar-refractivity contribution is 0.260. The van der Waals surface area contributed by atoms with Gasteiger partial charge in [-0.15, -0.1) is 0 Å². The van der Waals surface area contributed by atoms with Gasteiger partial charge in [-0.1, -0.05) is 26.2 Å². The van der Waals surface area contributed by atoms with Crippen LogP contribution in [0.2, 0.25) is 0 Å². The highest BCUT2D eigenvalue weighted by molar-refractivity contribution is 4.73. The molecule has 2 nitrogen and oxygen atoms in total. The maximum absolute atomic E-state index is 3.58. The summed E-state index contributed by atoms with van der Waals surface area (Å²) in [6, 6.07) is 0. The van der Waals surface area contributed by atoms with E-state index >= 15 is 0 Å². The van der Waals surface area contributed by atoms with Crippen molar-refractivity contribution in [1.29, 1.82) is 0 Å². The van der Waals surface area contributed by atoms with E-state index in [4.69, 9.17) is 0 Å². The van der Waals surface area contributed by atoms with Crippen LogP contribution < -0.4 is 5.32 Å². The Bertz CT molecular complexity index is 149. The summed E-state index contributed by atoms with van der Waals surface area (Å²) in [5.41, 5.74) is 0. The van der Waals surface area contributed by atoms with E-state index in [2.05, 4.69) is 31.2 Å². The largest absolute Gasteiger partial charge is 0.315 e. The number of likely N-dealkylation sites (N-methyl/N-ethyl adjacent to an activating group) is 1. The van der Waals surface area contributed by atoms with Gasteiger partial charge in [0.15, 0.2) is 0 Å². The normalized spacial score (nSPS) is 27.2. The highest BCUT2D eigenvalue weighted by Crippen LogP contribution is 2.29. The van der Waals surface area contributed by atoms with E-state index in [0.717, 1.165) is 24.9 Å². The van der Waals surface area contributed by atoms with E-state index in [1.807, 2.05) is 0 Å². The molecule has 90 valence electrons. The number of hydrogen-bond acceptors (Lipinski definition) is 2. The highest BCUT2D eigenvalue weighted by atomic mass is 15.1. The lowest BCUT2D eigenvalue weighted by Gasteiger charge is -2.28. The van der Waals surface area contributed by atoms with Gasteiger partial charge in [0, 0.05) is 13.1 Å². The molecule has 0 atom stereocenters. The fourth-order valence-corrected chi connectivity index (χ4v) is 2.45. The molecule has 0 heterocycles. The average Bonchev–Trinajstić information content (AvgIpc) is 2.25. The van der Waals surface area contributed by atoms with Gasteiger partial charge < -0.3 is 10.2 Å². The van der Waals surface area contributed by atoms with Crippen LogP contribution in [0.5, 0.6) is 0 Å². The fourth-order valence-electron chi connectivity index (χ4n) is 2.45. The molecule has 0 aliphatic heterocycles. The molecule has 1 saturated carbocycles. The van der Waals surface area contributed by atoms with Crippen molar-refractivity contribution in [3.63, 3.8) is 0 Å².